The molecular formula is C20H32BrN5OSi. The maximum atomic E-state index is 6.08. The number of nitrogens with zero attached hydrogens (tertiary/aromatic N) is 4. The van der Waals surface area contributed by atoms with Crippen molar-refractivity contribution in [2.45, 2.75) is 65.0 Å². The molecule has 0 atom stereocenters. The maximum absolute atomic E-state index is 6.08. The van der Waals surface area contributed by atoms with Gasteiger partial charge in [-0.05, 0) is 46.8 Å². The van der Waals surface area contributed by atoms with E-state index in [2.05, 4.69) is 64.3 Å². The molecule has 0 unspecified atom stereocenters. The van der Waals surface area contributed by atoms with Crippen LogP contribution in [0.25, 0.3) is 11.4 Å². The fourth-order valence-electron chi connectivity index (χ4n) is 2.87. The second-order valence-corrected chi connectivity index (χ2v) is 15.6. The lowest BCUT2D eigenvalue weighted by Crippen LogP contribution is -2.22. The van der Waals surface area contributed by atoms with Crippen molar-refractivity contribution in [3.05, 3.63) is 22.7 Å². The van der Waals surface area contributed by atoms with Crippen LogP contribution in [-0.4, -0.2) is 40.7 Å². The molecule has 2 heterocycles. The number of imidazole rings is 1. The van der Waals surface area contributed by atoms with Crippen molar-refractivity contribution in [2.75, 3.05) is 18.5 Å². The molecule has 1 fully saturated rings. The monoisotopic (exact) mass is 465 g/mol. The number of anilines is 1. The Kier molecular flexibility index (Phi) is 6.93. The zero-order valence-electron chi connectivity index (χ0n) is 17.6. The summed E-state index contributed by atoms with van der Waals surface area (Å²) in [4.78, 5) is 13.9. The zero-order chi connectivity index (χ0) is 20.3. The van der Waals surface area contributed by atoms with Crippen molar-refractivity contribution in [3.8, 4) is 11.4 Å². The minimum atomic E-state index is -1.10. The highest BCUT2D eigenvalue weighted by Crippen LogP contribution is 2.42. The molecular weight excluding hydrogens is 434 g/mol. The summed E-state index contributed by atoms with van der Waals surface area (Å²) in [6.07, 6.45) is 4.20. The Labute approximate surface area is 177 Å². The summed E-state index contributed by atoms with van der Waals surface area (Å²) in [6, 6.07) is 3.10. The molecule has 1 aliphatic carbocycles. The van der Waals surface area contributed by atoms with E-state index < -0.39 is 8.07 Å². The number of aromatic nitrogens is 4. The molecule has 1 N–H and O–H groups in total. The average Bonchev–Trinajstić information content (AvgIpc) is 3.40. The topological polar surface area (TPSA) is 64.9 Å². The van der Waals surface area contributed by atoms with Crippen LogP contribution in [-0.2, 0) is 11.5 Å². The van der Waals surface area contributed by atoms with Crippen molar-refractivity contribution in [1.29, 1.82) is 0 Å². The Hall–Kier alpha value is -1.25. The van der Waals surface area contributed by atoms with Crippen LogP contribution in [0.15, 0.2) is 16.9 Å². The summed E-state index contributed by atoms with van der Waals surface area (Å²) in [7, 11) is -1.10. The first-order valence-corrected chi connectivity index (χ1v) is 14.7. The molecule has 8 heteroatoms. The number of nitrogens with one attached hydrogen (secondary N) is 1. The lowest BCUT2D eigenvalue weighted by molar-refractivity contribution is 0.0861. The molecule has 0 aromatic carbocycles. The number of halogens is 1. The summed E-state index contributed by atoms with van der Waals surface area (Å²) < 4.78 is 9.10. The van der Waals surface area contributed by atoms with Crippen LogP contribution >= 0.6 is 15.9 Å². The molecule has 0 radical (unpaired) electrons. The number of hydrogen-bond acceptors (Lipinski definition) is 5. The van der Waals surface area contributed by atoms with Crippen LogP contribution in [0.3, 0.4) is 0 Å². The smallest absolute Gasteiger partial charge is 0.223 e. The van der Waals surface area contributed by atoms with Gasteiger partial charge < -0.3 is 14.6 Å². The van der Waals surface area contributed by atoms with Crippen molar-refractivity contribution in [1.82, 2.24) is 19.5 Å². The maximum Gasteiger partial charge on any atom is 0.223 e. The molecule has 1 aliphatic rings. The minimum absolute atomic E-state index is 0.517. The van der Waals surface area contributed by atoms with Crippen LogP contribution in [0, 0.1) is 5.92 Å². The number of ether oxygens (including phenoxy) is 1. The Morgan fingerprint density at radius 1 is 1.29 bits per heavy atom. The molecule has 0 bridgehead atoms. The van der Waals surface area contributed by atoms with Crippen LogP contribution in [0.4, 0.5) is 5.95 Å². The van der Waals surface area contributed by atoms with E-state index in [0.29, 0.717) is 24.5 Å². The molecule has 2 aromatic heterocycles. The van der Waals surface area contributed by atoms with E-state index in [1.807, 2.05) is 6.07 Å². The lowest BCUT2D eigenvalue weighted by Gasteiger charge is -2.17. The van der Waals surface area contributed by atoms with E-state index in [-0.39, 0.29) is 0 Å². The van der Waals surface area contributed by atoms with Gasteiger partial charge in [0.15, 0.2) is 0 Å². The third kappa shape index (κ3) is 5.87. The highest BCUT2D eigenvalue weighted by Gasteiger charge is 2.31. The van der Waals surface area contributed by atoms with Gasteiger partial charge in [-0.3, -0.25) is 0 Å². The minimum Gasteiger partial charge on any atom is -0.361 e. The summed E-state index contributed by atoms with van der Waals surface area (Å²) >= 11 is 3.67. The van der Waals surface area contributed by atoms with Gasteiger partial charge in [0, 0.05) is 33.3 Å². The molecule has 0 aliphatic heterocycles. The Bertz CT molecular complexity index is 798. The predicted molar refractivity (Wildman–Crippen MR) is 120 cm³/mol. The van der Waals surface area contributed by atoms with E-state index in [0.717, 1.165) is 41.0 Å². The second kappa shape index (κ2) is 9.05. The fourth-order valence-corrected chi connectivity index (χ4v) is 4.23. The van der Waals surface area contributed by atoms with Crippen molar-refractivity contribution >= 4 is 30.0 Å². The van der Waals surface area contributed by atoms with E-state index in [4.69, 9.17) is 14.7 Å². The van der Waals surface area contributed by atoms with Crippen molar-refractivity contribution in [3.63, 3.8) is 0 Å². The Balaban J connectivity index is 1.83. The molecule has 154 valence electrons. The summed E-state index contributed by atoms with van der Waals surface area (Å²) in [5, 5.41) is 3.31. The van der Waals surface area contributed by atoms with Gasteiger partial charge >= 0.3 is 0 Å². The van der Waals surface area contributed by atoms with E-state index >= 15 is 0 Å². The first-order chi connectivity index (χ1) is 13.2. The third-order valence-electron chi connectivity index (χ3n) is 4.68. The molecule has 28 heavy (non-hydrogen) atoms. The van der Waals surface area contributed by atoms with Gasteiger partial charge in [-0.15, -0.1) is 0 Å². The average molecular weight is 467 g/mol. The summed E-state index contributed by atoms with van der Waals surface area (Å²) in [5.74, 6) is 2.82. The van der Waals surface area contributed by atoms with Crippen LogP contribution in [0.2, 0.25) is 25.7 Å². The van der Waals surface area contributed by atoms with E-state index in [1.54, 1.807) is 6.20 Å². The Morgan fingerprint density at radius 3 is 2.68 bits per heavy atom. The molecule has 1 saturated carbocycles. The van der Waals surface area contributed by atoms with Gasteiger partial charge in [0.2, 0.25) is 5.95 Å². The largest absolute Gasteiger partial charge is 0.361 e. The molecule has 0 amide bonds. The van der Waals surface area contributed by atoms with Gasteiger partial charge in [0.1, 0.15) is 22.9 Å². The molecule has 0 saturated heterocycles. The van der Waals surface area contributed by atoms with E-state index in [9.17, 15) is 0 Å². The summed E-state index contributed by atoms with van der Waals surface area (Å²) in [5.41, 5.74) is 1.84. The predicted octanol–water partition coefficient (Wildman–Crippen LogP) is 5.36. The Morgan fingerprint density at radius 2 is 2.04 bits per heavy atom. The first-order valence-electron chi connectivity index (χ1n) is 10.2. The summed E-state index contributed by atoms with van der Waals surface area (Å²) in [6.45, 7) is 13.6. The lowest BCUT2D eigenvalue weighted by atomic mass is 10.2. The first kappa shape index (κ1) is 21.5. The fraction of sp³-hybridized carbons (Fsp3) is 0.650. The number of rotatable bonds is 10. The highest BCUT2D eigenvalue weighted by atomic mass is 79.9. The SMILES string of the molecule is CC(C)CNc1nccc(-c2c(Br)nc(C3CC3)n2COCC[Si](C)(C)C)n1. The second-order valence-electron chi connectivity index (χ2n) is 9.20. The van der Waals surface area contributed by atoms with Crippen molar-refractivity contribution < 1.29 is 4.74 Å². The number of hydrogen-bond donors (Lipinski definition) is 1. The highest BCUT2D eigenvalue weighted by molar-refractivity contribution is 9.10. The zero-order valence-corrected chi connectivity index (χ0v) is 20.2. The van der Waals surface area contributed by atoms with Gasteiger partial charge in [-0.1, -0.05) is 33.5 Å². The van der Waals surface area contributed by atoms with Crippen LogP contribution < -0.4 is 5.32 Å². The third-order valence-corrected chi connectivity index (χ3v) is 6.94. The quantitative estimate of drug-likeness (QED) is 0.377. The van der Waals surface area contributed by atoms with E-state index in [1.165, 1.54) is 12.8 Å². The van der Waals surface area contributed by atoms with Crippen LogP contribution in [0.5, 0.6) is 0 Å². The van der Waals surface area contributed by atoms with Gasteiger partial charge in [-0.2, -0.15) is 0 Å². The standard InChI is InChI=1S/C20H32BrN5OSi/c1-14(2)12-23-20-22-9-8-16(24-20)17-18(21)25-19(15-6-7-15)26(17)13-27-10-11-28(3,4)5/h8-9,14-15H,6-7,10-13H2,1-5H3,(H,22,23,24). The molecule has 6 nitrogen and oxygen atoms in total. The van der Waals surface area contributed by atoms with Gasteiger partial charge in [0.25, 0.3) is 0 Å². The molecule has 2 aromatic rings. The molecule has 0 spiro atoms. The molecule has 3 rings (SSSR count). The normalized spacial score (nSPS) is 14.7. The van der Waals surface area contributed by atoms with Crippen LogP contribution in [0.1, 0.15) is 38.4 Å². The van der Waals surface area contributed by atoms with Gasteiger partial charge in [-0.25, -0.2) is 15.0 Å². The van der Waals surface area contributed by atoms with Gasteiger partial charge in [0.05, 0.1) is 5.69 Å². The van der Waals surface area contributed by atoms with Crippen molar-refractivity contribution in [2.24, 2.45) is 5.92 Å².